The summed E-state index contributed by atoms with van der Waals surface area (Å²) in [6, 6.07) is 2.20. The fourth-order valence-corrected chi connectivity index (χ4v) is 1.75. The Bertz CT molecular complexity index is 220. The molecule has 1 aliphatic heterocycles. The highest BCUT2D eigenvalue weighted by molar-refractivity contribution is 5.03. The van der Waals surface area contributed by atoms with Gasteiger partial charge in [0.25, 0.3) is 0 Å². The molecule has 1 heterocycles. The van der Waals surface area contributed by atoms with Gasteiger partial charge in [0.05, 0.1) is 19.3 Å². The predicted molar refractivity (Wildman–Crippen MR) is 59.3 cm³/mol. The Kier molecular flexibility index (Phi) is 5.03. The highest BCUT2D eigenvalue weighted by Crippen LogP contribution is 2.13. The Labute approximate surface area is 92.0 Å². The maximum absolute atomic E-state index is 8.91. The van der Waals surface area contributed by atoms with Crippen LogP contribution in [0.4, 0.5) is 0 Å². The van der Waals surface area contributed by atoms with Gasteiger partial charge in [-0.15, -0.1) is 0 Å². The van der Waals surface area contributed by atoms with Crippen LogP contribution in [0.15, 0.2) is 0 Å². The van der Waals surface area contributed by atoms with E-state index in [9.17, 15) is 0 Å². The largest absolute Gasteiger partial charge is 0.379 e. The van der Waals surface area contributed by atoms with E-state index in [0.717, 1.165) is 52.1 Å². The molecule has 0 amide bonds. The van der Waals surface area contributed by atoms with Gasteiger partial charge in [0.15, 0.2) is 0 Å². The van der Waals surface area contributed by atoms with Crippen molar-refractivity contribution < 1.29 is 4.74 Å². The zero-order chi connectivity index (χ0) is 11.1. The molecular formula is C11H21N3O. The molecule has 86 valence electrons. The van der Waals surface area contributed by atoms with Gasteiger partial charge < -0.3 is 10.5 Å². The van der Waals surface area contributed by atoms with Crippen LogP contribution in [0.25, 0.3) is 0 Å². The van der Waals surface area contributed by atoms with Gasteiger partial charge in [0.2, 0.25) is 0 Å². The average Bonchev–Trinajstić information content (AvgIpc) is 2.30. The highest BCUT2D eigenvalue weighted by Gasteiger charge is 2.21. The van der Waals surface area contributed by atoms with Crippen molar-refractivity contribution in [2.45, 2.75) is 31.7 Å². The Morgan fingerprint density at radius 3 is 2.67 bits per heavy atom. The molecule has 0 aromatic heterocycles. The molecular weight excluding hydrogens is 190 g/mol. The maximum atomic E-state index is 8.91. The van der Waals surface area contributed by atoms with Gasteiger partial charge >= 0.3 is 0 Å². The molecule has 0 aliphatic carbocycles. The van der Waals surface area contributed by atoms with Crippen molar-refractivity contribution in [3.63, 3.8) is 0 Å². The topological polar surface area (TPSA) is 62.3 Å². The Morgan fingerprint density at radius 1 is 1.47 bits per heavy atom. The van der Waals surface area contributed by atoms with Crippen molar-refractivity contribution in [2.75, 3.05) is 32.8 Å². The van der Waals surface area contributed by atoms with E-state index in [1.165, 1.54) is 0 Å². The number of nitrogens with zero attached hydrogens (tertiary/aromatic N) is 2. The molecule has 4 heteroatoms. The summed E-state index contributed by atoms with van der Waals surface area (Å²) in [5, 5.41) is 8.91. The summed E-state index contributed by atoms with van der Waals surface area (Å²) >= 11 is 0. The van der Waals surface area contributed by atoms with E-state index >= 15 is 0 Å². The fraction of sp³-hybridized carbons (Fsp3) is 0.909. The Hall–Kier alpha value is -0.630. The lowest BCUT2D eigenvalue weighted by Gasteiger charge is -2.27. The number of ether oxygens (including phenoxy) is 1. The SMILES string of the molecule is CCC(N)(C#N)CCCN1CCOCC1. The lowest BCUT2D eigenvalue weighted by molar-refractivity contribution is 0.0367. The van der Waals surface area contributed by atoms with E-state index in [0.29, 0.717) is 0 Å². The molecule has 0 radical (unpaired) electrons. The second-order valence-corrected chi connectivity index (χ2v) is 4.18. The van der Waals surface area contributed by atoms with Crippen molar-refractivity contribution in [2.24, 2.45) is 5.73 Å². The number of rotatable bonds is 5. The predicted octanol–water partition coefficient (Wildman–Crippen LogP) is 0.730. The molecule has 1 unspecified atom stereocenters. The van der Waals surface area contributed by atoms with Gasteiger partial charge in [-0.2, -0.15) is 5.26 Å². The van der Waals surface area contributed by atoms with E-state index in [4.69, 9.17) is 15.7 Å². The van der Waals surface area contributed by atoms with Crippen LogP contribution >= 0.6 is 0 Å². The standard InChI is InChI=1S/C11H21N3O/c1-2-11(13,10-12)4-3-5-14-6-8-15-9-7-14/h2-9,13H2,1H3. The minimum atomic E-state index is -0.619. The van der Waals surface area contributed by atoms with Gasteiger partial charge in [-0.25, -0.2) is 0 Å². The molecule has 1 atom stereocenters. The first kappa shape index (κ1) is 12.4. The summed E-state index contributed by atoms with van der Waals surface area (Å²) in [5.74, 6) is 0. The van der Waals surface area contributed by atoms with E-state index in [1.54, 1.807) is 0 Å². The maximum Gasteiger partial charge on any atom is 0.104 e. The molecule has 1 saturated heterocycles. The quantitative estimate of drug-likeness (QED) is 0.728. The van der Waals surface area contributed by atoms with Crippen LogP contribution in [0.3, 0.4) is 0 Å². The minimum Gasteiger partial charge on any atom is -0.379 e. The van der Waals surface area contributed by atoms with E-state index in [2.05, 4.69) is 11.0 Å². The normalized spacial score (nSPS) is 21.9. The monoisotopic (exact) mass is 211 g/mol. The summed E-state index contributed by atoms with van der Waals surface area (Å²) in [6.45, 7) is 6.69. The van der Waals surface area contributed by atoms with Crippen molar-refractivity contribution in [1.82, 2.24) is 4.90 Å². The van der Waals surface area contributed by atoms with Crippen LogP contribution in [-0.4, -0.2) is 43.3 Å². The van der Waals surface area contributed by atoms with Gasteiger partial charge in [-0.1, -0.05) is 6.92 Å². The van der Waals surface area contributed by atoms with Crippen LogP contribution in [0.2, 0.25) is 0 Å². The Balaban J connectivity index is 2.17. The molecule has 0 aromatic carbocycles. The summed E-state index contributed by atoms with van der Waals surface area (Å²) in [5.41, 5.74) is 5.29. The molecule has 2 N–H and O–H groups in total. The third kappa shape index (κ3) is 4.17. The summed E-state index contributed by atoms with van der Waals surface area (Å²) in [7, 11) is 0. The van der Waals surface area contributed by atoms with Crippen LogP contribution in [0.5, 0.6) is 0 Å². The summed E-state index contributed by atoms with van der Waals surface area (Å²) in [4.78, 5) is 2.37. The average molecular weight is 211 g/mol. The number of nitriles is 1. The van der Waals surface area contributed by atoms with Crippen LogP contribution in [0, 0.1) is 11.3 Å². The first-order valence-corrected chi connectivity index (χ1v) is 5.70. The first-order valence-electron chi connectivity index (χ1n) is 5.70. The lowest BCUT2D eigenvalue weighted by Crippen LogP contribution is -2.40. The molecule has 0 spiro atoms. The lowest BCUT2D eigenvalue weighted by atomic mass is 9.93. The number of morpholine rings is 1. The van der Waals surface area contributed by atoms with Gasteiger partial charge in [-0.3, -0.25) is 4.90 Å². The minimum absolute atomic E-state index is 0.619. The molecule has 0 bridgehead atoms. The second-order valence-electron chi connectivity index (χ2n) is 4.18. The van der Waals surface area contributed by atoms with Crippen molar-refractivity contribution >= 4 is 0 Å². The van der Waals surface area contributed by atoms with Crippen LogP contribution in [0.1, 0.15) is 26.2 Å². The van der Waals surface area contributed by atoms with Gasteiger partial charge in [-0.05, 0) is 25.8 Å². The van der Waals surface area contributed by atoms with E-state index in [1.807, 2.05) is 6.92 Å². The summed E-state index contributed by atoms with van der Waals surface area (Å²) in [6.07, 6.45) is 2.52. The molecule has 1 rings (SSSR count). The van der Waals surface area contributed by atoms with Gasteiger partial charge in [0.1, 0.15) is 5.54 Å². The van der Waals surface area contributed by atoms with Crippen molar-refractivity contribution in [1.29, 1.82) is 5.26 Å². The molecule has 0 saturated carbocycles. The fourth-order valence-electron chi connectivity index (χ4n) is 1.75. The molecule has 4 nitrogen and oxygen atoms in total. The Morgan fingerprint density at radius 2 is 2.13 bits per heavy atom. The van der Waals surface area contributed by atoms with E-state index < -0.39 is 5.54 Å². The van der Waals surface area contributed by atoms with E-state index in [-0.39, 0.29) is 0 Å². The molecule has 1 aliphatic rings. The smallest absolute Gasteiger partial charge is 0.104 e. The van der Waals surface area contributed by atoms with Gasteiger partial charge in [0, 0.05) is 13.1 Å². The number of hydrogen-bond acceptors (Lipinski definition) is 4. The van der Waals surface area contributed by atoms with Crippen molar-refractivity contribution in [3.05, 3.63) is 0 Å². The second kappa shape index (κ2) is 6.06. The zero-order valence-corrected chi connectivity index (χ0v) is 9.54. The van der Waals surface area contributed by atoms with Crippen LogP contribution in [-0.2, 0) is 4.74 Å². The van der Waals surface area contributed by atoms with Crippen LogP contribution < -0.4 is 5.73 Å². The van der Waals surface area contributed by atoms with Crippen molar-refractivity contribution in [3.8, 4) is 6.07 Å². The number of nitrogens with two attached hydrogens (primary N) is 1. The zero-order valence-electron chi connectivity index (χ0n) is 9.54. The summed E-state index contributed by atoms with van der Waals surface area (Å²) < 4.78 is 5.27. The molecule has 1 fully saturated rings. The third-order valence-corrected chi connectivity index (χ3v) is 3.05. The molecule has 15 heavy (non-hydrogen) atoms. The number of hydrogen-bond donors (Lipinski definition) is 1. The first-order chi connectivity index (χ1) is 7.20. The molecule has 0 aromatic rings. The highest BCUT2D eigenvalue weighted by atomic mass is 16.5. The third-order valence-electron chi connectivity index (χ3n) is 3.05.